The zero-order valence-electron chi connectivity index (χ0n) is 7.31. The Bertz CT molecular complexity index is 284. The minimum Gasteiger partial charge on any atom is -0.872 e. The summed E-state index contributed by atoms with van der Waals surface area (Å²) in [5.74, 6) is -0.338. The first-order valence-corrected chi connectivity index (χ1v) is 3.41. The van der Waals surface area contributed by atoms with Gasteiger partial charge in [0.1, 0.15) is 0 Å². The van der Waals surface area contributed by atoms with Gasteiger partial charge in [0.05, 0.1) is 7.95 Å². The third-order valence-electron chi connectivity index (χ3n) is 1.34. The number of rotatable bonds is 3. The zero-order valence-corrected chi connectivity index (χ0v) is 6.31. The molecule has 1 atom stereocenters. The maximum absolute atomic E-state index is 11.2. The van der Waals surface area contributed by atoms with Crippen LogP contribution in [-0.4, -0.2) is 11.8 Å². The molecule has 0 heterocycles. The summed E-state index contributed by atoms with van der Waals surface area (Å²) < 4.78 is 6.95. The van der Waals surface area contributed by atoms with Crippen molar-refractivity contribution < 1.29 is 16.6 Å². The van der Waals surface area contributed by atoms with E-state index in [-0.39, 0.29) is 5.76 Å². The van der Waals surface area contributed by atoms with E-state index in [1.807, 2.05) is 0 Å². The van der Waals surface area contributed by atoms with Crippen LogP contribution >= 0.6 is 0 Å². The lowest BCUT2D eigenvalue weighted by Crippen LogP contribution is -2.03. The molecule has 0 spiro atoms. The smallest absolute Gasteiger partial charge is 0.0998 e. The van der Waals surface area contributed by atoms with E-state index in [4.69, 9.17) is 6.63 Å². The Morgan fingerprint density at radius 2 is 2.25 bits per heavy atom. The highest BCUT2D eigenvalue weighted by molar-refractivity contribution is 5.56. The summed E-state index contributed by atoms with van der Waals surface area (Å²) in [5.41, 5.74) is 0.469. The molecule has 1 rings (SSSR count). The average molecular weight is 166 g/mol. The van der Waals surface area contributed by atoms with Gasteiger partial charge in [-0.05, 0) is 5.56 Å². The lowest BCUT2D eigenvalue weighted by molar-refractivity contribution is -0.250. The fourth-order valence-electron chi connectivity index (χ4n) is 0.791. The fraction of sp³-hybridized carbons (Fsp3) is 0.111. The van der Waals surface area contributed by atoms with Gasteiger partial charge in [0.25, 0.3) is 0 Å². The molecule has 0 bridgehead atoms. The highest BCUT2D eigenvalue weighted by Crippen LogP contribution is 2.06. The number of hydrogen-bond acceptors (Lipinski definition) is 3. The molecule has 12 heavy (non-hydrogen) atoms. The zero-order chi connectivity index (χ0) is 9.68. The van der Waals surface area contributed by atoms with Crippen LogP contribution in [0.2, 0.25) is 0 Å². The molecule has 3 nitrogen and oxygen atoms in total. The van der Waals surface area contributed by atoms with Crippen LogP contribution in [0.1, 0.15) is 6.93 Å². The monoisotopic (exact) mass is 166 g/mol. The van der Waals surface area contributed by atoms with E-state index >= 15 is 0 Å². The van der Waals surface area contributed by atoms with Crippen molar-refractivity contribution in [1.29, 1.82) is 0 Å². The van der Waals surface area contributed by atoms with E-state index in [1.165, 1.54) is 0 Å². The minimum absolute atomic E-state index is 0.338. The van der Waals surface area contributed by atoms with Gasteiger partial charge < -0.3 is 5.11 Å². The van der Waals surface area contributed by atoms with E-state index in [2.05, 4.69) is 4.89 Å². The van der Waals surface area contributed by atoms with Crippen LogP contribution in [0.3, 0.4) is 0 Å². The molecule has 1 aromatic carbocycles. The average Bonchev–Trinajstić information content (AvgIpc) is 2.19. The minimum atomic E-state index is -1.33. The molecule has 1 aromatic rings. The van der Waals surface area contributed by atoms with Gasteiger partial charge in [-0.15, -0.1) is 5.76 Å². The third-order valence-corrected chi connectivity index (χ3v) is 1.34. The largest absolute Gasteiger partial charge is 0.872 e. The predicted molar refractivity (Wildman–Crippen MR) is 43.0 cm³/mol. The summed E-state index contributed by atoms with van der Waals surface area (Å²) in [5, 5.41) is 19.3. The highest BCUT2D eigenvalue weighted by atomic mass is 17.1. The molecule has 0 aliphatic carbocycles. The van der Waals surface area contributed by atoms with Crippen molar-refractivity contribution >= 4 is 5.76 Å². The highest BCUT2D eigenvalue weighted by Gasteiger charge is 1.86. The molecule has 0 aliphatic rings. The SMILES string of the molecule is [2H][C@@H](/C=C(\[O-])c1ccccc1)OO. The van der Waals surface area contributed by atoms with Crippen molar-refractivity contribution in [3.8, 4) is 0 Å². The van der Waals surface area contributed by atoms with Crippen LogP contribution in [0.15, 0.2) is 36.4 Å². The second-order valence-electron chi connectivity index (χ2n) is 2.14. The maximum Gasteiger partial charge on any atom is 0.0998 e. The molecule has 3 heteroatoms. The predicted octanol–water partition coefficient (Wildman–Crippen LogP) is 0.877. The summed E-state index contributed by atoms with van der Waals surface area (Å²) in [6.07, 6.45) is 0.981. The molecular weight excluding hydrogens is 156 g/mol. The van der Waals surface area contributed by atoms with Gasteiger partial charge in [-0.2, -0.15) is 0 Å². The normalized spacial score (nSPS) is 15.4. The number of benzene rings is 1. The molecule has 0 fully saturated rings. The van der Waals surface area contributed by atoms with Crippen molar-refractivity contribution in [2.24, 2.45) is 0 Å². The Hall–Kier alpha value is -1.32. The molecule has 0 saturated heterocycles. The Morgan fingerprint density at radius 3 is 2.83 bits per heavy atom. The molecule has 0 radical (unpaired) electrons. The van der Waals surface area contributed by atoms with E-state index in [9.17, 15) is 5.11 Å². The molecule has 64 valence electrons. The van der Waals surface area contributed by atoms with E-state index < -0.39 is 6.58 Å². The summed E-state index contributed by atoms with van der Waals surface area (Å²) >= 11 is 0. The second-order valence-corrected chi connectivity index (χ2v) is 2.14. The van der Waals surface area contributed by atoms with E-state index in [1.54, 1.807) is 30.3 Å². The Balaban J connectivity index is 2.79. The molecule has 1 N–H and O–H groups in total. The maximum atomic E-state index is 11.2. The second kappa shape index (κ2) is 4.54. The Labute approximate surface area is 71.9 Å². The lowest BCUT2D eigenvalue weighted by Gasteiger charge is -2.10. The van der Waals surface area contributed by atoms with Crippen molar-refractivity contribution in [3.63, 3.8) is 0 Å². The van der Waals surface area contributed by atoms with Gasteiger partial charge >= 0.3 is 0 Å². The summed E-state index contributed by atoms with van der Waals surface area (Å²) in [6.45, 7) is -1.33. The van der Waals surface area contributed by atoms with Crippen LogP contribution in [0, 0.1) is 0 Å². The van der Waals surface area contributed by atoms with Crippen LogP contribution in [-0.2, 0) is 4.89 Å². The van der Waals surface area contributed by atoms with E-state index in [0.717, 1.165) is 6.08 Å². The standard InChI is InChI=1S/C9H10O3/c10-9(6-7-12-11)8-4-2-1-3-5-8/h1-6,10-11H,7H2/p-1/b9-6-/i7D/t7-/m0/s1. The molecule has 0 saturated carbocycles. The van der Waals surface area contributed by atoms with Crippen LogP contribution in [0.4, 0.5) is 0 Å². The topological polar surface area (TPSA) is 52.5 Å². The first kappa shape index (κ1) is 7.34. The Morgan fingerprint density at radius 1 is 1.58 bits per heavy atom. The third kappa shape index (κ3) is 2.38. The van der Waals surface area contributed by atoms with Crippen molar-refractivity contribution in [3.05, 3.63) is 42.0 Å². The lowest BCUT2D eigenvalue weighted by atomic mass is 10.2. The summed E-state index contributed by atoms with van der Waals surface area (Å²) in [6, 6.07) is 8.49. The van der Waals surface area contributed by atoms with Gasteiger partial charge in [0.2, 0.25) is 0 Å². The Kier molecular flexibility index (Phi) is 2.77. The van der Waals surface area contributed by atoms with Crippen molar-refractivity contribution in [2.45, 2.75) is 0 Å². The van der Waals surface area contributed by atoms with Crippen LogP contribution in [0.5, 0.6) is 0 Å². The first-order chi connectivity index (χ1) is 6.24. The van der Waals surface area contributed by atoms with Crippen molar-refractivity contribution in [1.82, 2.24) is 0 Å². The molecule has 0 amide bonds. The summed E-state index contributed by atoms with van der Waals surface area (Å²) in [7, 11) is 0. The number of hydrogen-bond donors (Lipinski definition) is 1. The molecule has 0 aromatic heterocycles. The van der Waals surface area contributed by atoms with Gasteiger partial charge in [-0.1, -0.05) is 36.4 Å². The van der Waals surface area contributed by atoms with Gasteiger partial charge in [0.15, 0.2) is 0 Å². The fourth-order valence-corrected chi connectivity index (χ4v) is 0.791. The van der Waals surface area contributed by atoms with Gasteiger partial charge in [-0.25, -0.2) is 4.89 Å². The van der Waals surface area contributed by atoms with Crippen molar-refractivity contribution in [2.75, 3.05) is 6.58 Å². The van der Waals surface area contributed by atoms with Crippen LogP contribution in [0.25, 0.3) is 5.76 Å². The summed E-state index contributed by atoms with van der Waals surface area (Å²) in [4.78, 5) is 3.63. The van der Waals surface area contributed by atoms with Gasteiger partial charge in [0, 0.05) is 0 Å². The van der Waals surface area contributed by atoms with E-state index in [0.29, 0.717) is 5.56 Å². The molecule has 0 unspecified atom stereocenters. The van der Waals surface area contributed by atoms with Crippen LogP contribution < -0.4 is 5.11 Å². The first-order valence-electron chi connectivity index (χ1n) is 3.98. The molecule has 0 aliphatic heterocycles. The molecular formula is C9H9O3-. The quantitative estimate of drug-likeness (QED) is 0.412. The van der Waals surface area contributed by atoms with Gasteiger partial charge in [-0.3, -0.25) is 5.26 Å².